The number of carbonyl (C=O) groups excluding carboxylic acids is 1. The quantitative estimate of drug-likeness (QED) is 0.687. The number of aromatic nitrogens is 2. The van der Waals surface area contributed by atoms with Crippen molar-refractivity contribution in [3.05, 3.63) is 77.9 Å². The lowest BCUT2D eigenvalue weighted by Crippen LogP contribution is -2.27. The van der Waals surface area contributed by atoms with E-state index in [1.807, 2.05) is 0 Å². The molecule has 0 aliphatic heterocycles. The van der Waals surface area contributed by atoms with E-state index in [0.717, 1.165) is 6.20 Å². The maximum atomic E-state index is 13.5. The summed E-state index contributed by atoms with van der Waals surface area (Å²) in [6.07, 6.45) is -5.05. The smallest absolute Gasteiger partial charge is 0.406 e. The van der Waals surface area contributed by atoms with Crippen molar-refractivity contribution in [2.45, 2.75) is 12.7 Å². The first-order valence-electron chi connectivity index (χ1n) is 7.75. The van der Waals surface area contributed by atoms with Gasteiger partial charge in [-0.3, -0.25) is 0 Å². The fourth-order valence-electron chi connectivity index (χ4n) is 2.35. The van der Waals surface area contributed by atoms with Crippen molar-refractivity contribution in [3.8, 4) is 11.4 Å². The molecule has 0 saturated heterocycles. The van der Waals surface area contributed by atoms with Crippen molar-refractivity contribution in [1.29, 1.82) is 0 Å². The minimum absolute atomic E-state index is 0.0344. The number of nitrogens with one attached hydrogen (secondary N) is 1. The molecule has 1 amide bonds. The zero-order valence-corrected chi connectivity index (χ0v) is 13.7. The summed E-state index contributed by atoms with van der Waals surface area (Å²) >= 11 is 0. The molecule has 0 spiro atoms. The molecule has 0 bridgehead atoms. The fourth-order valence-corrected chi connectivity index (χ4v) is 2.35. The molecule has 1 aromatic heterocycles. The summed E-state index contributed by atoms with van der Waals surface area (Å²) in [5.74, 6) is -1.16. The average molecular weight is 379 g/mol. The third kappa shape index (κ3) is 4.43. The van der Waals surface area contributed by atoms with E-state index < -0.39 is 29.5 Å². The van der Waals surface area contributed by atoms with Gasteiger partial charge in [0, 0.05) is 6.54 Å². The number of hydrogen-bond donors (Lipinski definition) is 1. The zero-order chi connectivity index (χ0) is 19.4. The minimum Gasteiger partial charge on any atom is -0.406 e. The Balaban J connectivity index is 1.77. The second-order valence-electron chi connectivity index (χ2n) is 5.47. The first-order valence-corrected chi connectivity index (χ1v) is 7.75. The molecular weight excluding hydrogens is 366 g/mol. The van der Waals surface area contributed by atoms with Crippen LogP contribution in [0, 0.1) is 5.82 Å². The Morgan fingerprint density at radius 2 is 1.74 bits per heavy atom. The molecule has 140 valence electrons. The van der Waals surface area contributed by atoms with Crippen molar-refractivity contribution in [2.24, 2.45) is 0 Å². The number of amides is 1. The van der Waals surface area contributed by atoms with Gasteiger partial charge in [0.25, 0.3) is 0 Å². The summed E-state index contributed by atoms with van der Waals surface area (Å²) in [5.41, 5.74) is -0.471. The molecule has 0 fully saturated rings. The summed E-state index contributed by atoms with van der Waals surface area (Å²) < 4.78 is 58.7. The maximum absolute atomic E-state index is 13.5. The molecule has 0 saturated carbocycles. The number of rotatable bonds is 4. The van der Waals surface area contributed by atoms with Crippen LogP contribution in [-0.2, 0) is 12.7 Å². The highest BCUT2D eigenvalue weighted by Gasteiger charge is 2.40. The number of para-hydroxylation sites is 1. The second-order valence-corrected chi connectivity index (χ2v) is 5.47. The lowest BCUT2D eigenvalue weighted by atomic mass is 10.2. The van der Waals surface area contributed by atoms with Crippen LogP contribution < -0.4 is 10.1 Å². The predicted molar refractivity (Wildman–Crippen MR) is 87.8 cm³/mol. The lowest BCUT2D eigenvalue weighted by Gasteiger charge is -2.12. The Morgan fingerprint density at radius 1 is 1.07 bits per heavy atom. The topological polar surface area (TPSA) is 56.1 Å². The zero-order valence-electron chi connectivity index (χ0n) is 13.7. The van der Waals surface area contributed by atoms with E-state index in [9.17, 15) is 22.4 Å². The van der Waals surface area contributed by atoms with Crippen LogP contribution in [0.2, 0.25) is 0 Å². The van der Waals surface area contributed by atoms with E-state index in [-0.39, 0.29) is 12.2 Å². The van der Waals surface area contributed by atoms with E-state index in [1.165, 1.54) is 36.4 Å². The average Bonchev–Trinajstić information content (AvgIpc) is 3.06. The fraction of sp³-hybridized carbons (Fsp3) is 0.111. The number of alkyl halides is 3. The van der Waals surface area contributed by atoms with Gasteiger partial charge in [-0.05, 0) is 29.8 Å². The van der Waals surface area contributed by atoms with E-state index in [2.05, 4.69) is 10.4 Å². The van der Waals surface area contributed by atoms with Crippen LogP contribution in [0.4, 0.5) is 22.4 Å². The summed E-state index contributed by atoms with van der Waals surface area (Å²) in [6, 6.07) is 12.9. The normalized spacial score (nSPS) is 11.3. The van der Waals surface area contributed by atoms with Crippen LogP contribution in [0.5, 0.6) is 5.75 Å². The number of carbonyl (C=O) groups is 1. The molecule has 0 aliphatic rings. The van der Waals surface area contributed by atoms with Crippen molar-refractivity contribution in [3.63, 3.8) is 0 Å². The predicted octanol–water partition coefficient (Wildman–Crippen LogP) is 4.32. The second kappa shape index (κ2) is 7.48. The van der Waals surface area contributed by atoms with Crippen LogP contribution in [0.25, 0.3) is 5.69 Å². The summed E-state index contributed by atoms with van der Waals surface area (Å²) in [5, 5.41) is 5.99. The molecule has 1 N–H and O–H groups in total. The monoisotopic (exact) mass is 379 g/mol. The number of benzene rings is 2. The van der Waals surface area contributed by atoms with E-state index in [0.29, 0.717) is 10.2 Å². The molecule has 0 atom stereocenters. The minimum atomic E-state index is -4.79. The highest BCUT2D eigenvalue weighted by molar-refractivity contribution is 5.70. The molecule has 1 heterocycles. The van der Waals surface area contributed by atoms with Crippen LogP contribution in [-0.4, -0.2) is 15.9 Å². The van der Waals surface area contributed by atoms with Gasteiger partial charge in [-0.1, -0.05) is 30.3 Å². The van der Waals surface area contributed by atoms with Crippen molar-refractivity contribution in [2.75, 3.05) is 0 Å². The van der Waals surface area contributed by atoms with Gasteiger partial charge >= 0.3 is 12.3 Å². The number of halogens is 4. The number of ether oxygens (including phenoxy) is 1. The van der Waals surface area contributed by atoms with Crippen LogP contribution in [0.1, 0.15) is 11.3 Å². The third-order valence-electron chi connectivity index (χ3n) is 3.56. The van der Waals surface area contributed by atoms with Gasteiger partial charge < -0.3 is 10.1 Å². The van der Waals surface area contributed by atoms with Crippen LogP contribution in [0.15, 0.2) is 60.8 Å². The van der Waals surface area contributed by atoms with Gasteiger partial charge in [-0.2, -0.15) is 18.3 Å². The van der Waals surface area contributed by atoms with Gasteiger partial charge in [-0.25, -0.2) is 13.9 Å². The Bertz CT molecular complexity index is 922. The first kappa shape index (κ1) is 18.4. The first-order chi connectivity index (χ1) is 12.8. The maximum Gasteiger partial charge on any atom is 0.437 e. The third-order valence-corrected chi connectivity index (χ3v) is 3.56. The molecule has 0 aliphatic carbocycles. The largest absolute Gasteiger partial charge is 0.437 e. The van der Waals surface area contributed by atoms with Gasteiger partial charge in [0.05, 0.1) is 11.9 Å². The molecule has 2 aromatic carbocycles. The Hall–Kier alpha value is -3.36. The van der Waals surface area contributed by atoms with Gasteiger partial charge in [0.2, 0.25) is 0 Å². The molecule has 27 heavy (non-hydrogen) atoms. The molecule has 5 nitrogen and oxygen atoms in total. The van der Waals surface area contributed by atoms with Crippen molar-refractivity contribution < 1.29 is 27.1 Å². The summed E-state index contributed by atoms with van der Waals surface area (Å²) in [7, 11) is 0. The van der Waals surface area contributed by atoms with Crippen LogP contribution >= 0.6 is 0 Å². The van der Waals surface area contributed by atoms with Gasteiger partial charge in [-0.15, -0.1) is 0 Å². The Morgan fingerprint density at radius 3 is 2.37 bits per heavy atom. The Labute approximate surface area is 151 Å². The summed E-state index contributed by atoms with van der Waals surface area (Å²) in [6.45, 7) is -0.0344. The van der Waals surface area contributed by atoms with Crippen LogP contribution in [0.3, 0.4) is 0 Å². The van der Waals surface area contributed by atoms with Crippen molar-refractivity contribution in [1.82, 2.24) is 15.1 Å². The van der Waals surface area contributed by atoms with E-state index in [4.69, 9.17) is 4.74 Å². The molecule has 0 radical (unpaired) electrons. The summed E-state index contributed by atoms with van der Waals surface area (Å²) in [4.78, 5) is 11.9. The standard InChI is InChI=1S/C18H13F4N3O2/c19-13-8-6-12(7-9-13)10-23-17(26)27-15-11-24-25(16(15)18(20,21)22)14-4-2-1-3-5-14/h1-9,11H,10H2,(H,23,26). The highest BCUT2D eigenvalue weighted by Crippen LogP contribution is 2.37. The molecular formula is C18H13F4N3O2. The molecule has 9 heteroatoms. The lowest BCUT2D eigenvalue weighted by molar-refractivity contribution is -0.143. The Kier molecular flexibility index (Phi) is 5.11. The van der Waals surface area contributed by atoms with E-state index in [1.54, 1.807) is 18.2 Å². The van der Waals surface area contributed by atoms with E-state index >= 15 is 0 Å². The number of hydrogen-bond acceptors (Lipinski definition) is 3. The van der Waals surface area contributed by atoms with Crippen molar-refractivity contribution >= 4 is 6.09 Å². The highest BCUT2D eigenvalue weighted by atomic mass is 19.4. The molecule has 0 unspecified atom stereocenters. The SMILES string of the molecule is O=C(NCc1ccc(F)cc1)Oc1cnn(-c2ccccc2)c1C(F)(F)F. The van der Waals surface area contributed by atoms with Gasteiger partial charge in [0.1, 0.15) is 5.82 Å². The molecule has 3 aromatic rings. The molecule has 3 rings (SSSR count). The number of nitrogens with zero attached hydrogens (tertiary/aromatic N) is 2. The van der Waals surface area contributed by atoms with Gasteiger partial charge in [0.15, 0.2) is 11.4 Å².